The normalized spacial score (nSPS) is 31.0. The number of benzene rings is 2. The van der Waals surface area contributed by atoms with Gasteiger partial charge < -0.3 is 69.3 Å². The van der Waals surface area contributed by atoms with Crippen molar-refractivity contribution in [2.75, 3.05) is 13.2 Å². The van der Waals surface area contributed by atoms with Crippen molar-refractivity contribution in [3.05, 3.63) is 53.6 Å². The van der Waals surface area contributed by atoms with Crippen LogP contribution in [0.5, 0.6) is 23.0 Å². The summed E-state index contributed by atoms with van der Waals surface area (Å²) in [4.78, 5) is 24.6. The van der Waals surface area contributed by atoms with Gasteiger partial charge in [-0.15, -0.1) is 0 Å². The van der Waals surface area contributed by atoms with Crippen LogP contribution in [0.15, 0.2) is 42.5 Å². The van der Waals surface area contributed by atoms with E-state index in [0.29, 0.717) is 11.1 Å². The maximum atomic E-state index is 12.5. The number of carbonyl (C=O) groups excluding carboxylic acids is 2. The molecule has 0 unspecified atom stereocenters. The minimum Gasteiger partial charge on any atom is -0.504 e. The lowest BCUT2D eigenvalue weighted by molar-refractivity contribution is -0.357. The molecule has 2 aromatic carbocycles. The molecule has 8 N–H and O–H groups in total. The number of aromatic hydroxyl groups is 4. The van der Waals surface area contributed by atoms with Gasteiger partial charge in [0, 0.05) is 13.0 Å². The molecule has 2 aliphatic rings. The zero-order valence-corrected chi connectivity index (χ0v) is 25.4. The molecule has 0 spiro atoms. The summed E-state index contributed by atoms with van der Waals surface area (Å²) in [5.74, 6) is -3.11. The van der Waals surface area contributed by atoms with Crippen LogP contribution in [0.4, 0.5) is 0 Å². The monoisotopic (exact) mass is 666 g/mol. The number of hydrogen-bond acceptors (Lipinski definition) is 16. The first-order chi connectivity index (χ1) is 22.2. The van der Waals surface area contributed by atoms with Crippen LogP contribution >= 0.6 is 0 Å². The van der Waals surface area contributed by atoms with Crippen molar-refractivity contribution in [1.82, 2.24) is 0 Å². The zero-order chi connectivity index (χ0) is 34.4. The third-order valence-electron chi connectivity index (χ3n) is 7.53. The Kier molecular flexibility index (Phi) is 12.0. The average Bonchev–Trinajstić information content (AvgIpc) is 3.02. The summed E-state index contributed by atoms with van der Waals surface area (Å²) in [6.45, 7) is 1.83. The molecule has 0 radical (unpaired) electrons. The van der Waals surface area contributed by atoms with Gasteiger partial charge in [0.15, 0.2) is 41.7 Å². The second-order valence-electron chi connectivity index (χ2n) is 11.0. The summed E-state index contributed by atoms with van der Waals surface area (Å²) >= 11 is 0. The zero-order valence-electron chi connectivity index (χ0n) is 25.4. The van der Waals surface area contributed by atoms with E-state index in [4.69, 9.17) is 28.4 Å². The van der Waals surface area contributed by atoms with Crippen LogP contribution in [-0.2, 0) is 44.4 Å². The number of aliphatic hydroxyl groups excluding tert-OH is 4. The van der Waals surface area contributed by atoms with E-state index in [1.807, 2.05) is 0 Å². The van der Waals surface area contributed by atoms with Gasteiger partial charge in [-0.05, 0) is 54.8 Å². The van der Waals surface area contributed by atoms with E-state index in [-0.39, 0.29) is 30.3 Å². The molecule has 47 heavy (non-hydrogen) atoms. The van der Waals surface area contributed by atoms with E-state index in [1.54, 1.807) is 0 Å². The second kappa shape index (κ2) is 15.7. The fourth-order valence-corrected chi connectivity index (χ4v) is 4.95. The third-order valence-corrected chi connectivity index (χ3v) is 7.53. The van der Waals surface area contributed by atoms with Crippen LogP contribution < -0.4 is 0 Å². The molecule has 16 nitrogen and oxygen atoms in total. The van der Waals surface area contributed by atoms with Gasteiger partial charge in [0.05, 0.1) is 12.7 Å². The highest BCUT2D eigenvalue weighted by Gasteiger charge is 2.52. The van der Waals surface area contributed by atoms with Crippen LogP contribution in [0.25, 0.3) is 6.08 Å². The summed E-state index contributed by atoms with van der Waals surface area (Å²) in [6, 6.07) is 8.02. The molecule has 2 aromatic rings. The highest BCUT2D eigenvalue weighted by molar-refractivity contribution is 5.87. The van der Waals surface area contributed by atoms with E-state index in [1.165, 1.54) is 49.4 Å². The van der Waals surface area contributed by atoms with Crippen molar-refractivity contribution in [2.45, 2.75) is 81.7 Å². The van der Waals surface area contributed by atoms with Gasteiger partial charge in [-0.1, -0.05) is 12.1 Å². The fourth-order valence-electron chi connectivity index (χ4n) is 4.95. The van der Waals surface area contributed by atoms with Gasteiger partial charge >= 0.3 is 11.9 Å². The van der Waals surface area contributed by atoms with E-state index >= 15 is 0 Å². The predicted molar refractivity (Wildman–Crippen MR) is 157 cm³/mol. The Morgan fingerprint density at radius 1 is 0.809 bits per heavy atom. The van der Waals surface area contributed by atoms with Gasteiger partial charge in [0.2, 0.25) is 0 Å². The van der Waals surface area contributed by atoms with Crippen molar-refractivity contribution >= 4 is 18.0 Å². The van der Waals surface area contributed by atoms with Gasteiger partial charge in [-0.25, -0.2) is 4.79 Å². The standard InChI is InChI=1S/C31H38O16/c1-14-24(38)26(40)27(41)30(44-14)47-28-25(39)22(13-43-23(37)8-5-16-3-6-18(33)20(35)11-16)46-31(29(28)45-15(2)32)42-10-9-17-4-7-19(34)21(36)12-17/h3-8,11-12,14,22,24-31,33-36,38-41H,9-10,13H2,1-2H3/b8-5-/t14-,22-,24-,25-,26+,27+,28-,29+,30-,31+/m1/s1. The number of hydrogen-bond donors (Lipinski definition) is 8. The maximum Gasteiger partial charge on any atom is 0.330 e. The lowest BCUT2D eigenvalue weighted by Gasteiger charge is -2.46. The first-order valence-corrected chi connectivity index (χ1v) is 14.6. The van der Waals surface area contributed by atoms with Gasteiger partial charge in [0.1, 0.15) is 43.2 Å². The molecule has 0 bridgehead atoms. The van der Waals surface area contributed by atoms with Gasteiger partial charge in [0.25, 0.3) is 0 Å². The lowest BCUT2D eigenvalue weighted by Crippen LogP contribution is -2.65. The Morgan fingerprint density at radius 3 is 2.15 bits per heavy atom. The smallest absolute Gasteiger partial charge is 0.330 e. The topological polar surface area (TPSA) is 251 Å². The van der Waals surface area contributed by atoms with Crippen LogP contribution in [0.1, 0.15) is 25.0 Å². The molecule has 2 heterocycles. The van der Waals surface area contributed by atoms with Gasteiger partial charge in [-0.2, -0.15) is 0 Å². The SMILES string of the molecule is CC(=O)O[C@@H]1[C@@H](OCCc2ccc(O)c(O)c2)O[C@H](COC(=O)/C=C\c2ccc(O)c(O)c2)[C@@H](O)[C@H]1O[C@H]1O[C@H](C)[C@@H](O)[C@H](O)[C@@H]1O. The highest BCUT2D eigenvalue weighted by atomic mass is 16.7. The Labute approximate surface area is 268 Å². The van der Waals surface area contributed by atoms with Crippen LogP contribution in [-0.4, -0.2) is 127 Å². The largest absolute Gasteiger partial charge is 0.504 e. The first kappa shape index (κ1) is 35.8. The van der Waals surface area contributed by atoms with Crippen molar-refractivity contribution < 1.29 is 78.9 Å². The molecular weight excluding hydrogens is 628 g/mol. The Morgan fingerprint density at radius 2 is 1.49 bits per heavy atom. The number of rotatable bonds is 11. The second-order valence-corrected chi connectivity index (χ2v) is 11.0. The maximum absolute atomic E-state index is 12.5. The molecule has 2 saturated heterocycles. The Hall–Kier alpha value is -4.00. The Balaban J connectivity index is 1.53. The third kappa shape index (κ3) is 9.09. The number of carbonyl (C=O) groups is 2. The molecule has 0 aromatic heterocycles. The van der Waals surface area contributed by atoms with Crippen molar-refractivity contribution in [2.24, 2.45) is 0 Å². The molecule has 2 aliphatic heterocycles. The molecule has 258 valence electrons. The minimum atomic E-state index is -1.78. The molecule has 4 rings (SSSR count). The van der Waals surface area contributed by atoms with Crippen LogP contribution in [0.3, 0.4) is 0 Å². The number of esters is 2. The number of ether oxygens (including phenoxy) is 6. The van der Waals surface area contributed by atoms with Crippen molar-refractivity contribution in [1.29, 1.82) is 0 Å². The van der Waals surface area contributed by atoms with E-state index in [0.717, 1.165) is 13.0 Å². The van der Waals surface area contributed by atoms with E-state index < -0.39 is 85.7 Å². The van der Waals surface area contributed by atoms with Crippen LogP contribution in [0, 0.1) is 0 Å². The van der Waals surface area contributed by atoms with Crippen LogP contribution in [0.2, 0.25) is 0 Å². The van der Waals surface area contributed by atoms with Gasteiger partial charge in [-0.3, -0.25) is 4.79 Å². The summed E-state index contributed by atoms with van der Waals surface area (Å²) < 4.78 is 33.8. The highest BCUT2D eigenvalue weighted by Crippen LogP contribution is 2.32. The molecule has 0 aliphatic carbocycles. The summed E-state index contributed by atoms with van der Waals surface area (Å²) in [6.07, 6.45) is -12.6. The summed E-state index contributed by atoms with van der Waals surface area (Å²) in [7, 11) is 0. The van der Waals surface area contributed by atoms with E-state index in [9.17, 15) is 50.4 Å². The quantitative estimate of drug-likeness (QED) is 0.0859. The lowest BCUT2D eigenvalue weighted by atomic mass is 9.97. The number of phenolic OH excluding ortho intramolecular Hbond substituents is 4. The molecule has 2 fully saturated rings. The minimum absolute atomic E-state index is 0.103. The number of phenols is 4. The number of aliphatic hydroxyl groups is 4. The van der Waals surface area contributed by atoms with E-state index in [2.05, 4.69) is 0 Å². The summed E-state index contributed by atoms with van der Waals surface area (Å²) in [5, 5.41) is 80.7. The Bertz CT molecular complexity index is 1410. The first-order valence-electron chi connectivity index (χ1n) is 14.6. The summed E-state index contributed by atoms with van der Waals surface area (Å²) in [5.41, 5.74) is 0.930. The van der Waals surface area contributed by atoms with Crippen molar-refractivity contribution in [3.8, 4) is 23.0 Å². The molecule has 10 atom stereocenters. The molecule has 0 amide bonds. The predicted octanol–water partition coefficient (Wildman–Crippen LogP) is -0.445. The van der Waals surface area contributed by atoms with Crippen molar-refractivity contribution in [3.63, 3.8) is 0 Å². The molecular formula is C31H38O16. The average molecular weight is 667 g/mol. The molecule has 16 heteroatoms. The molecule has 0 saturated carbocycles. The fraction of sp³-hybridized carbons (Fsp3) is 0.484.